The summed E-state index contributed by atoms with van der Waals surface area (Å²) in [5, 5.41) is 0.975. The van der Waals surface area contributed by atoms with Gasteiger partial charge in [-0.05, 0) is 68.8 Å². The van der Waals surface area contributed by atoms with Gasteiger partial charge in [-0.25, -0.2) is 9.97 Å². The zero-order chi connectivity index (χ0) is 19.0. The summed E-state index contributed by atoms with van der Waals surface area (Å²) in [5.74, 6) is 1.91. The number of thiophene rings is 1. The molecule has 4 nitrogen and oxygen atoms in total. The van der Waals surface area contributed by atoms with Crippen molar-refractivity contribution in [3.8, 4) is 0 Å². The first-order chi connectivity index (χ1) is 12.9. The maximum Gasteiger partial charge on any atom is 0.182 e. The predicted molar refractivity (Wildman–Crippen MR) is 110 cm³/mol. The largest absolute Gasteiger partial charge is 0.381 e. The standard InChI is InChI=1S/C22H30N2O2S/c1-14-23-20(18(25)12-15-6-10-26-11-7-15)17-13-19(27-21(17)24-14)16-4-8-22(2,3)9-5-16/h13,15-16H,4-12H2,1-3H3. The van der Waals surface area contributed by atoms with Crippen LogP contribution in [0.15, 0.2) is 6.07 Å². The third-order valence-electron chi connectivity index (χ3n) is 6.34. The van der Waals surface area contributed by atoms with Gasteiger partial charge in [-0.15, -0.1) is 11.3 Å². The molecule has 0 N–H and O–H groups in total. The van der Waals surface area contributed by atoms with E-state index in [-0.39, 0.29) is 5.78 Å². The van der Waals surface area contributed by atoms with Crippen LogP contribution in [-0.4, -0.2) is 29.0 Å². The molecule has 5 heteroatoms. The van der Waals surface area contributed by atoms with Crippen molar-refractivity contribution in [3.05, 3.63) is 22.5 Å². The highest BCUT2D eigenvalue weighted by molar-refractivity contribution is 7.18. The first-order valence-electron chi connectivity index (χ1n) is 10.3. The van der Waals surface area contributed by atoms with Crippen LogP contribution in [0.4, 0.5) is 0 Å². The van der Waals surface area contributed by atoms with E-state index in [1.54, 1.807) is 11.3 Å². The van der Waals surface area contributed by atoms with Gasteiger partial charge < -0.3 is 4.74 Å². The van der Waals surface area contributed by atoms with Gasteiger partial charge in [0.2, 0.25) is 0 Å². The lowest BCUT2D eigenvalue weighted by Crippen LogP contribution is -2.19. The minimum absolute atomic E-state index is 0.173. The first-order valence-corrected chi connectivity index (χ1v) is 11.1. The van der Waals surface area contributed by atoms with Crippen LogP contribution in [0.3, 0.4) is 0 Å². The smallest absolute Gasteiger partial charge is 0.182 e. The summed E-state index contributed by atoms with van der Waals surface area (Å²) in [6.45, 7) is 8.19. The molecule has 0 bridgehead atoms. The molecule has 4 rings (SSSR count). The molecule has 2 aromatic rings. The molecule has 2 aromatic heterocycles. The van der Waals surface area contributed by atoms with Crippen molar-refractivity contribution in [2.75, 3.05) is 13.2 Å². The summed E-state index contributed by atoms with van der Waals surface area (Å²) in [6, 6.07) is 2.22. The van der Waals surface area contributed by atoms with Crippen LogP contribution in [0.2, 0.25) is 0 Å². The van der Waals surface area contributed by atoms with E-state index >= 15 is 0 Å². The quantitative estimate of drug-likeness (QED) is 0.634. The molecular weight excluding hydrogens is 356 g/mol. The Labute approximate surface area is 165 Å². The van der Waals surface area contributed by atoms with E-state index in [0.717, 1.165) is 36.3 Å². The molecule has 1 saturated heterocycles. The maximum atomic E-state index is 13.0. The van der Waals surface area contributed by atoms with Crippen molar-refractivity contribution >= 4 is 27.3 Å². The average Bonchev–Trinajstić information content (AvgIpc) is 3.05. The van der Waals surface area contributed by atoms with E-state index < -0.39 is 0 Å². The lowest BCUT2D eigenvalue weighted by atomic mass is 9.73. The number of aryl methyl sites for hydroxylation is 1. The number of carbonyl (C=O) groups excluding carboxylic acids is 1. The summed E-state index contributed by atoms with van der Waals surface area (Å²) in [7, 11) is 0. The van der Waals surface area contributed by atoms with Crippen molar-refractivity contribution < 1.29 is 9.53 Å². The highest BCUT2D eigenvalue weighted by Gasteiger charge is 2.29. The van der Waals surface area contributed by atoms with Gasteiger partial charge in [0.05, 0.1) is 0 Å². The predicted octanol–water partition coefficient (Wildman–Crippen LogP) is 5.68. The molecule has 146 valence electrons. The summed E-state index contributed by atoms with van der Waals surface area (Å²) < 4.78 is 5.43. The highest BCUT2D eigenvalue weighted by atomic mass is 32.1. The monoisotopic (exact) mass is 386 g/mol. The van der Waals surface area contributed by atoms with Gasteiger partial charge in [-0.2, -0.15) is 0 Å². The third kappa shape index (κ3) is 4.24. The Bertz CT molecular complexity index is 826. The van der Waals surface area contributed by atoms with E-state index in [9.17, 15) is 4.79 Å². The highest BCUT2D eigenvalue weighted by Crippen LogP contribution is 2.45. The van der Waals surface area contributed by atoms with Crippen LogP contribution in [0.5, 0.6) is 0 Å². The zero-order valence-corrected chi connectivity index (χ0v) is 17.5. The fraction of sp³-hybridized carbons (Fsp3) is 0.682. The minimum atomic E-state index is 0.173. The molecule has 2 aliphatic rings. The molecule has 0 atom stereocenters. The van der Waals surface area contributed by atoms with E-state index in [0.29, 0.717) is 35.2 Å². The van der Waals surface area contributed by atoms with Crippen LogP contribution < -0.4 is 0 Å². The van der Waals surface area contributed by atoms with Crippen LogP contribution in [-0.2, 0) is 4.74 Å². The zero-order valence-electron chi connectivity index (χ0n) is 16.7. The van der Waals surface area contributed by atoms with Crippen molar-refractivity contribution in [3.63, 3.8) is 0 Å². The molecule has 1 saturated carbocycles. The Hall–Kier alpha value is -1.33. The Morgan fingerprint density at radius 2 is 1.89 bits per heavy atom. The lowest BCUT2D eigenvalue weighted by molar-refractivity contribution is 0.0600. The number of ketones is 1. The Kier molecular flexibility index (Phi) is 5.34. The van der Waals surface area contributed by atoms with Crippen LogP contribution in [0, 0.1) is 18.3 Å². The number of carbonyl (C=O) groups is 1. The molecule has 3 heterocycles. The number of fused-ring (bicyclic) bond motifs is 1. The molecule has 0 amide bonds. The van der Waals surface area contributed by atoms with E-state index in [1.807, 2.05) is 6.92 Å². The second-order valence-electron chi connectivity index (χ2n) is 9.11. The Morgan fingerprint density at radius 3 is 2.59 bits per heavy atom. The van der Waals surface area contributed by atoms with E-state index in [4.69, 9.17) is 4.74 Å². The Balaban J connectivity index is 1.59. The van der Waals surface area contributed by atoms with Crippen molar-refractivity contribution in [2.24, 2.45) is 11.3 Å². The van der Waals surface area contributed by atoms with Crippen LogP contribution in [0.1, 0.15) is 85.9 Å². The van der Waals surface area contributed by atoms with Crippen molar-refractivity contribution in [2.45, 2.75) is 71.6 Å². The third-order valence-corrected chi connectivity index (χ3v) is 7.54. The lowest BCUT2D eigenvalue weighted by Gasteiger charge is -2.33. The van der Waals surface area contributed by atoms with Gasteiger partial charge in [-0.1, -0.05) is 13.8 Å². The number of hydrogen-bond donors (Lipinski definition) is 0. The van der Waals surface area contributed by atoms with Gasteiger partial charge in [0.1, 0.15) is 16.3 Å². The fourth-order valence-electron chi connectivity index (χ4n) is 4.45. The fourth-order valence-corrected chi connectivity index (χ4v) is 5.70. The van der Waals surface area contributed by atoms with Crippen LogP contribution in [0.25, 0.3) is 10.2 Å². The number of nitrogens with zero attached hydrogens (tertiary/aromatic N) is 2. The van der Waals surface area contributed by atoms with Gasteiger partial charge in [0.15, 0.2) is 5.78 Å². The maximum absolute atomic E-state index is 13.0. The molecule has 27 heavy (non-hydrogen) atoms. The first kappa shape index (κ1) is 19.0. The molecule has 1 aliphatic carbocycles. The van der Waals surface area contributed by atoms with Gasteiger partial charge in [-0.3, -0.25) is 4.79 Å². The normalized spacial score (nSPS) is 21.6. The van der Waals surface area contributed by atoms with E-state index in [1.165, 1.54) is 30.6 Å². The SMILES string of the molecule is Cc1nc(C(=O)CC2CCOCC2)c2cc(C3CCC(C)(C)CC3)sc2n1. The molecule has 0 aromatic carbocycles. The summed E-state index contributed by atoms with van der Waals surface area (Å²) in [5.41, 5.74) is 1.11. The second kappa shape index (κ2) is 7.59. The summed E-state index contributed by atoms with van der Waals surface area (Å²) in [6.07, 6.45) is 7.54. The number of Topliss-reactive ketones (excluding diaryl/α,β-unsaturated/α-hetero) is 1. The number of aromatic nitrogens is 2. The molecule has 1 aliphatic heterocycles. The van der Waals surface area contributed by atoms with Crippen LogP contribution >= 0.6 is 11.3 Å². The Morgan fingerprint density at radius 1 is 1.19 bits per heavy atom. The molecular formula is C22H30N2O2S. The summed E-state index contributed by atoms with van der Waals surface area (Å²) >= 11 is 1.77. The van der Waals surface area contributed by atoms with Gasteiger partial charge >= 0.3 is 0 Å². The van der Waals surface area contributed by atoms with E-state index in [2.05, 4.69) is 29.9 Å². The average molecular weight is 387 g/mol. The second-order valence-corrected chi connectivity index (χ2v) is 10.2. The minimum Gasteiger partial charge on any atom is -0.381 e. The number of rotatable bonds is 4. The number of hydrogen-bond acceptors (Lipinski definition) is 5. The molecule has 0 spiro atoms. The van der Waals surface area contributed by atoms with Gasteiger partial charge in [0.25, 0.3) is 0 Å². The topological polar surface area (TPSA) is 52.1 Å². The molecule has 0 unspecified atom stereocenters. The number of ether oxygens (including phenoxy) is 1. The molecule has 0 radical (unpaired) electrons. The summed E-state index contributed by atoms with van der Waals surface area (Å²) in [4.78, 5) is 24.6. The van der Waals surface area contributed by atoms with Crippen molar-refractivity contribution in [1.82, 2.24) is 9.97 Å². The van der Waals surface area contributed by atoms with Crippen molar-refractivity contribution in [1.29, 1.82) is 0 Å². The molecule has 2 fully saturated rings. The van der Waals surface area contributed by atoms with Gasteiger partial charge in [0, 0.05) is 29.9 Å².